The summed E-state index contributed by atoms with van der Waals surface area (Å²) < 4.78 is 19.1. The van der Waals surface area contributed by atoms with Crippen molar-refractivity contribution in [1.29, 1.82) is 5.41 Å². The van der Waals surface area contributed by atoms with Crippen LogP contribution in [-0.4, -0.2) is 32.1 Å². The first kappa shape index (κ1) is 12.8. The number of halogens is 1. The van der Waals surface area contributed by atoms with Crippen molar-refractivity contribution in [1.82, 2.24) is 0 Å². The maximum atomic E-state index is 13.8. The van der Waals surface area contributed by atoms with Gasteiger partial charge in [-0.1, -0.05) is 6.07 Å². The number of piperidine rings is 1. The first-order valence-electron chi connectivity index (χ1n) is 6.04. The zero-order chi connectivity index (χ0) is 13.1. The Morgan fingerprint density at radius 3 is 3.00 bits per heavy atom. The fourth-order valence-corrected chi connectivity index (χ4v) is 2.39. The quantitative estimate of drug-likeness (QED) is 0.635. The lowest BCUT2D eigenvalue weighted by Gasteiger charge is -2.34. The molecule has 5 heteroatoms. The minimum atomic E-state index is -0.445. The van der Waals surface area contributed by atoms with E-state index in [2.05, 4.69) is 0 Å². The highest BCUT2D eigenvalue weighted by atomic mass is 19.1. The van der Waals surface area contributed by atoms with Gasteiger partial charge in [-0.3, -0.25) is 5.41 Å². The van der Waals surface area contributed by atoms with Crippen molar-refractivity contribution >= 4 is 11.5 Å². The monoisotopic (exact) mass is 251 g/mol. The standard InChI is InChI=1S/C13H18FN3O/c1-18-9-4-3-7-17(8-9)11-6-2-5-10(14)12(11)13(15)16/h2,5-6,9H,3-4,7-8H2,1H3,(H3,15,16). The van der Waals surface area contributed by atoms with Crippen molar-refractivity contribution in [3.05, 3.63) is 29.6 Å². The first-order chi connectivity index (χ1) is 8.63. The molecular formula is C13H18FN3O. The van der Waals surface area contributed by atoms with E-state index in [0.717, 1.165) is 19.4 Å². The van der Waals surface area contributed by atoms with E-state index in [4.69, 9.17) is 15.9 Å². The summed E-state index contributed by atoms with van der Waals surface area (Å²) in [4.78, 5) is 2.04. The lowest BCUT2D eigenvalue weighted by atomic mass is 10.0. The van der Waals surface area contributed by atoms with Gasteiger partial charge in [-0.2, -0.15) is 0 Å². The molecule has 1 saturated heterocycles. The highest BCUT2D eigenvalue weighted by molar-refractivity contribution is 6.00. The van der Waals surface area contributed by atoms with Crippen molar-refractivity contribution in [2.24, 2.45) is 5.73 Å². The molecule has 1 aromatic carbocycles. The zero-order valence-corrected chi connectivity index (χ0v) is 10.4. The lowest BCUT2D eigenvalue weighted by Crippen LogP contribution is -2.40. The Kier molecular flexibility index (Phi) is 3.81. The van der Waals surface area contributed by atoms with E-state index in [1.807, 2.05) is 4.90 Å². The highest BCUT2D eigenvalue weighted by Gasteiger charge is 2.23. The Bertz CT molecular complexity index is 450. The van der Waals surface area contributed by atoms with Crippen LogP contribution in [-0.2, 0) is 4.74 Å². The second-order valence-corrected chi connectivity index (χ2v) is 4.49. The molecule has 0 bridgehead atoms. The summed E-state index contributed by atoms with van der Waals surface area (Å²) in [6.45, 7) is 1.55. The number of nitrogens with zero attached hydrogens (tertiary/aromatic N) is 1. The molecule has 1 heterocycles. The molecule has 0 aromatic heterocycles. The molecule has 2 rings (SSSR count). The maximum absolute atomic E-state index is 13.8. The number of nitrogens with two attached hydrogens (primary N) is 1. The molecule has 1 aromatic rings. The summed E-state index contributed by atoms with van der Waals surface area (Å²) in [5.41, 5.74) is 6.35. The fourth-order valence-electron chi connectivity index (χ4n) is 2.39. The van der Waals surface area contributed by atoms with Gasteiger partial charge in [0, 0.05) is 20.2 Å². The number of hydrogen-bond acceptors (Lipinski definition) is 3. The van der Waals surface area contributed by atoms with Crippen LogP contribution in [0.15, 0.2) is 18.2 Å². The van der Waals surface area contributed by atoms with E-state index in [9.17, 15) is 4.39 Å². The largest absolute Gasteiger partial charge is 0.384 e. The summed E-state index contributed by atoms with van der Waals surface area (Å²) >= 11 is 0. The third-order valence-electron chi connectivity index (χ3n) is 3.31. The average Bonchev–Trinajstić information content (AvgIpc) is 2.38. The predicted molar refractivity (Wildman–Crippen MR) is 69.7 cm³/mol. The number of hydrogen-bond donors (Lipinski definition) is 2. The Morgan fingerprint density at radius 2 is 2.33 bits per heavy atom. The molecule has 1 atom stereocenters. The molecule has 1 fully saturated rings. The fraction of sp³-hybridized carbons (Fsp3) is 0.462. The smallest absolute Gasteiger partial charge is 0.136 e. The number of amidine groups is 1. The number of ether oxygens (including phenoxy) is 1. The molecule has 0 radical (unpaired) electrons. The molecule has 0 spiro atoms. The number of nitrogen functional groups attached to an aromatic ring is 1. The highest BCUT2D eigenvalue weighted by Crippen LogP contribution is 2.26. The topological polar surface area (TPSA) is 62.3 Å². The molecule has 0 saturated carbocycles. The minimum absolute atomic E-state index is 0.154. The van der Waals surface area contributed by atoms with Gasteiger partial charge in [0.15, 0.2) is 0 Å². The summed E-state index contributed by atoms with van der Waals surface area (Å²) in [6, 6.07) is 4.78. The van der Waals surface area contributed by atoms with E-state index in [-0.39, 0.29) is 17.5 Å². The molecule has 98 valence electrons. The van der Waals surface area contributed by atoms with Crippen LogP contribution in [0.3, 0.4) is 0 Å². The Balaban J connectivity index is 2.32. The number of nitrogens with one attached hydrogen (secondary N) is 1. The van der Waals surface area contributed by atoms with Crippen LogP contribution in [0.4, 0.5) is 10.1 Å². The van der Waals surface area contributed by atoms with E-state index >= 15 is 0 Å². The van der Waals surface area contributed by atoms with Crippen molar-refractivity contribution in [2.45, 2.75) is 18.9 Å². The van der Waals surface area contributed by atoms with Gasteiger partial charge in [0.1, 0.15) is 11.7 Å². The van der Waals surface area contributed by atoms with Gasteiger partial charge in [0.25, 0.3) is 0 Å². The van der Waals surface area contributed by atoms with Crippen LogP contribution in [0.5, 0.6) is 0 Å². The average molecular weight is 251 g/mol. The Labute approximate surface area is 106 Å². The van der Waals surface area contributed by atoms with Gasteiger partial charge >= 0.3 is 0 Å². The van der Waals surface area contributed by atoms with Crippen LogP contribution in [0, 0.1) is 11.2 Å². The molecule has 0 aliphatic carbocycles. The number of rotatable bonds is 3. The normalized spacial score (nSPS) is 19.9. The van der Waals surface area contributed by atoms with Crippen molar-refractivity contribution in [3.63, 3.8) is 0 Å². The van der Waals surface area contributed by atoms with Gasteiger partial charge in [-0.25, -0.2) is 4.39 Å². The summed E-state index contributed by atoms with van der Waals surface area (Å²) in [5.74, 6) is -0.679. The second kappa shape index (κ2) is 5.35. The van der Waals surface area contributed by atoms with E-state index in [1.54, 1.807) is 19.2 Å². The van der Waals surface area contributed by atoms with Crippen molar-refractivity contribution < 1.29 is 9.13 Å². The van der Waals surface area contributed by atoms with E-state index in [1.165, 1.54) is 6.07 Å². The molecule has 0 amide bonds. The second-order valence-electron chi connectivity index (χ2n) is 4.49. The molecule has 18 heavy (non-hydrogen) atoms. The van der Waals surface area contributed by atoms with Crippen LogP contribution < -0.4 is 10.6 Å². The Hall–Kier alpha value is -1.62. The maximum Gasteiger partial charge on any atom is 0.136 e. The van der Waals surface area contributed by atoms with Crippen molar-refractivity contribution in [3.8, 4) is 0 Å². The van der Waals surface area contributed by atoms with Gasteiger partial charge in [-0.05, 0) is 25.0 Å². The zero-order valence-electron chi connectivity index (χ0n) is 10.4. The van der Waals surface area contributed by atoms with Gasteiger partial charge < -0.3 is 15.4 Å². The molecule has 1 aliphatic rings. The Morgan fingerprint density at radius 1 is 1.56 bits per heavy atom. The minimum Gasteiger partial charge on any atom is -0.384 e. The summed E-state index contributed by atoms with van der Waals surface area (Å²) in [5, 5.41) is 7.51. The molecule has 1 aliphatic heterocycles. The van der Waals surface area contributed by atoms with E-state index < -0.39 is 5.82 Å². The van der Waals surface area contributed by atoms with Crippen LogP contribution in [0.25, 0.3) is 0 Å². The molecule has 1 unspecified atom stereocenters. The number of benzene rings is 1. The van der Waals surface area contributed by atoms with Gasteiger partial charge in [0.05, 0.1) is 17.4 Å². The summed E-state index contributed by atoms with van der Waals surface area (Å²) in [7, 11) is 1.69. The van der Waals surface area contributed by atoms with E-state index in [0.29, 0.717) is 12.2 Å². The van der Waals surface area contributed by atoms with Crippen LogP contribution in [0.1, 0.15) is 18.4 Å². The predicted octanol–water partition coefficient (Wildman–Crippen LogP) is 1.72. The molecule has 4 nitrogen and oxygen atoms in total. The number of methoxy groups -OCH3 is 1. The third-order valence-corrected chi connectivity index (χ3v) is 3.31. The van der Waals surface area contributed by atoms with Crippen LogP contribution >= 0.6 is 0 Å². The van der Waals surface area contributed by atoms with Crippen molar-refractivity contribution in [2.75, 3.05) is 25.1 Å². The third kappa shape index (κ3) is 2.46. The molecule has 3 N–H and O–H groups in total. The SMILES string of the molecule is COC1CCCN(c2cccc(F)c2C(=N)N)C1. The first-order valence-corrected chi connectivity index (χ1v) is 6.04. The lowest BCUT2D eigenvalue weighted by molar-refractivity contribution is 0.0893. The van der Waals surface area contributed by atoms with Gasteiger partial charge in [0.2, 0.25) is 0 Å². The van der Waals surface area contributed by atoms with Gasteiger partial charge in [-0.15, -0.1) is 0 Å². The number of anilines is 1. The molecular weight excluding hydrogens is 233 g/mol. The van der Waals surface area contributed by atoms with Crippen LogP contribution in [0.2, 0.25) is 0 Å². The summed E-state index contributed by atoms with van der Waals surface area (Å²) in [6.07, 6.45) is 2.16.